The average molecular weight is 358 g/mol. The Hall–Kier alpha value is -2.68. The van der Waals surface area contributed by atoms with E-state index < -0.39 is 0 Å². The number of carbonyl (C=O) groups excluding carboxylic acids is 1. The quantitative estimate of drug-likeness (QED) is 0.610. The number of amides is 1. The van der Waals surface area contributed by atoms with E-state index in [4.69, 9.17) is 4.98 Å². The second kappa shape index (κ2) is 7.15. The third kappa shape index (κ3) is 3.46. The van der Waals surface area contributed by atoms with E-state index in [0.717, 1.165) is 59.2 Å². The molecule has 0 N–H and O–H groups in total. The number of hydrogen-bond acceptors (Lipinski definition) is 2. The number of piperidine rings is 1. The third-order valence-corrected chi connectivity index (χ3v) is 5.64. The smallest absolute Gasteiger partial charge is 0.254 e. The lowest BCUT2D eigenvalue weighted by Gasteiger charge is -2.27. The maximum Gasteiger partial charge on any atom is 0.254 e. The first-order chi connectivity index (χ1) is 13.0. The molecule has 1 aromatic heterocycles. The predicted molar refractivity (Wildman–Crippen MR) is 111 cm³/mol. The molecule has 1 fully saturated rings. The normalized spacial score (nSPS) is 14.6. The third-order valence-electron chi connectivity index (χ3n) is 5.64. The van der Waals surface area contributed by atoms with Crippen LogP contribution in [0.15, 0.2) is 42.5 Å². The molecule has 0 bridgehead atoms. The van der Waals surface area contributed by atoms with Gasteiger partial charge in [0.25, 0.3) is 5.91 Å². The van der Waals surface area contributed by atoms with Crippen LogP contribution in [0, 0.1) is 20.8 Å². The minimum atomic E-state index is 0.137. The lowest BCUT2D eigenvalue weighted by molar-refractivity contribution is 0.0726. The zero-order chi connectivity index (χ0) is 19.0. The summed E-state index contributed by atoms with van der Waals surface area (Å²) in [6.45, 7) is 8.00. The molecule has 3 nitrogen and oxygen atoms in total. The first-order valence-corrected chi connectivity index (χ1v) is 9.81. The molecule has 27 heavy (non-hydrogen) atoms. The van der Waals surface area contributed by atoms with E-state index >= 15 is 0 Å². The highest BCUT2D eigenvalue weighted by Crippen LogP contribution is 2.28. The number of benzene rings is 2. The molecule has 0 radical (unpaired) electrons. The summed E-state index contributed by atoms with van der Waals surface area (Å²) >= 11 is 0. The first kappa shape index (κ1) is 17.7. The van der Waals surface area contributed by atoms with E-state index in [1.54, 1.807) is 0 Å². The van der Waals surface area contributed by atoms with Gasteiger partial charge >= 0.3 is 0 Å². The summed E-state index contributed by atoms with van der Waals surface area (Å²) in [5, 5.41) is 0.957. The Kier molecular flexibility index (Phi) is 4.69. The molecule has 138 valence electrons. The number of pyridine rings is 1. The summed E-state index contributed by atoms with van der Waals surface area (Å²) in [5.41, 5.74) is 7.25. The Morgan fingerprint density at radius 1 is 0.889 bits per heavy atom. The van der Waals surface area contributed by atoms with Gasteiger partial charge in [-0.1, -0.05) is 23.8 Å². The molecule has 0 atom stereocenters. The molecule has 1 amide bonds. The molecule has 0 unspecified atom stereocenters. The van der Waals surface area contributed by atoms with E-state index in [2.05, 4.69) is 51.1 Å². The van der Waals surface area contributed by atoms with Crippen LogP contribution < -0.4 is 0 Å². The van der Waals surface area contributed by atoms with Gasteiger partial charge in [0.1, 0.15) is 0 Å². The summed E-state index contributed by atoms with van der Waals surface area (Å²) < 4.78 is 0. The van der Waals surface area contributed by atoms with E-state index in [1.165, 1.54) is 17.5 Å². The second-order valence-electron chi connectivity index (χ2n) is 7.73. The highest BCUT2D eigenvalue weighted by molar-refractivity contribution is 6.07. The summed E-state index contributed by atoms with van der Waals surface area (Å²) in [5.74, 6) is 0.137. The van der Waals surface area contributed by atoms with Gasteiger partial charge in [-0.25, -0.2) is 4.98 Å². The average Bonchev–Trinajstić information content (AvgIpc) is 2.69. The van der Waals surface area contributed by atoms with E-state index in [0.29, 0.717) is 0 Å². The lowest BCUT2D eigenvalue weighted by atomic mass is 9.99. The maximum atomic E-state index is 13.3. The minimum absolute atomic E-state index is 0.137. The van der Waals surface area contributed by atoms with Crippen molar-refractivity contribution in [3.8, 4) is 11.3 Å². The number of carbonyl (C=O) groups is 1. The van der Waals surface area contributed by atoms with E-state index in [1.807, 2.05) is 17.0 Å². The number of hydrogen-bond donors (Lipinski definition) is 0. The largest absolute Gasteiger partial charge is 0.339 e. The van der Waals surface area contributed by atoms with Crippen LogP contribution in [0.5, 0.6) is 0 Å². The zero-order valence-corrected chi connectivity index (χ0v) is 16.4. The molecule has 3 aromatic rings. The molecular weight excluding hydrogens is 332 g/mol. The topological polar surface area (TPSA) is 33.2 Å². The van der Waals surface area contributed by atoms with Gasteiger partial charge in [0.05, 0.1) is 16.8 Å². The number of aryl methyl sites for hydroxylation is 3. The molecule has 1 aliphatic rings. The summed E-state index contributed by atoms with van der Waals surface area (Å²) in [6.07, 6.45) is 3.41. The highest BCUT2D eigenvalue weighted by atomic mass is 16.2. The number of fused-ring (bicyclic) bond motifs is 1. The fourth-order valence-electron chi connectivity index (χ4n) is 3.83. The van der Waals surface area contributed by atoms with Gasteiger partial charge in [0, 0.05) is 24.0 Å². The second-order valence-corrected chi connectivity index (χ2v) is 7.73. The van der Waals surface area contributed by atoms with Crippen LogP contribution in [0.4, 0.5) is 0 Å². The first-order valence-electron chi connectivity index (χ1n) is 9.81. The van der Waals surface area contributed by atoms with Gasteiger partial charge in [0.15, 0.2) is 0 Å². The van der Waals surface area contributed by atoms with Gasteiger partial charge in [-0.15, -0.1) is 0 Å². The van der Waals surface area contributed by atoms with Crippen molar-refractivity contribution in [1.82, 2.24) is 9.88 Å². The molecule has 2 heterocycles. The summed E-state index contributed by atoms with van der Waals surface area (Å²) in [7, 11) is 0. The van der Waals surface area contributed by atoms with Gasteiger partial charge in [0.2, 0.25) is 0 Å². The Bertz CT molecular complexity index is 1020. The van der Waals surface area contributed by atoms with Gasteiger partial charge in [-0.2, -0.15) is 0 Å². The van der Waals surface area contributed by atoms with Crippen LogP contribution in [-0.2, 0) is 0 Å². The molecule has 0 saturated carbocycles. The Morgan fingerprint density at radius 3 is 2.41 bits per heavy atom. The van der Waals surface area contributed by atoms with Gasteiger partial charge in [-0.3, -0.25) is 4.79 Å². The van der Waals surface area contributed by atoms with Crippen LogP contribution in [-0.4, -0.2) is 28.9 Å². The van der Waals surface area contributed by atoms with Gasteiger partial charge in [-0.05, 0) is 75.4 Å². The number of aromatic nitrogens is 1. The van der Waals surface area contributed by atoms with Crippen LogP contribution >= 0.6 is 0 Å². The molecule has 1 aliphatic heterocycles. The Labute approximate surface area is 161 Å². The lowest BCUT2D eigenvalue weighted by Crippen LogP contribution is -2.35. The van der Waals surface area contributed by atoms with Crippen molar-refractivity contribution < 1.29 is 4.79 Å². The monoisotopic (exact) mass is 358 g/mol. The fourth-order valence-corrected chi connectivity index (χ4v) is 3.83. The van der Waals surface area contributed by atoms with Crippen molar-refractivity contribution in [1.29, 1.82) is 0 Å². The summed E-state index contributed by atoms with van der Waals surface area (Å²) in [4.78, 5) is 20.2. The van der Waals surface area contributed by atoms with Crippen LogP contribution in [0.1, 0.15) is 46.3 Å². The molecule has 0 spiro atoms. The molecule has 2 aromatic carbocycles. The van der Waals surface area contributed by atoms with Crippen LogP contribution in [0.25, 0.3) is 22.2 Å². The number of nitrogens with zero attached hydrogens (tertiary/aromatic N) is 2. The molecule has 4 rings (SSSR count). The van der Waals surface area contributed by atoms with Crippen molar-refractivity contribution in [3.63, 3.8) is 0 Å². The number of rotatable bonds is 2. The molecule has 3 heteroatoms. The standard InChI is InChI=1S/C24H26N2O/c1-16-7-10-22-20(13-16)21(24(27)26-11-5-4-6-12-26)15-23(25-22)19-9-8-17(2)18(3)14-19/h7-10,13-15H,4-6,11-12H2,1-3H3. The zero-order valence-electron chi connectivity index (χ0n) is 16.4. The Morgan fingerprint density at radius 2 is 1.67 bits per heavy atom. The minimum Gasteiger partial charge on any atom is -0.339 e. The SMILES string of the molecule is Cc1ccc2nc(-c3ccc(C)c(C)c3)cc(C(=O)N3CCCCC3)c2c1. The predicted octanol–water partition coefficient (Wildman–Crippen LogP) is 5.45. The molecule has 1 saturated heterocycles. The maximum absolute atomic E-state index is 13.3. The van der Waals surface area contributed by atoms with Crippen molar-refractivity contribution in [2.24, 2.45) is 0 Å². The van der Waals surface area contributed by atoms with Crippen LogP contribution in [0.2, 0.25) is 0 Å². The van der Waals surface area contributed by atoms with Crippen molar-refractivity contribution >= 4 is 16.8 Å². The van der Waals surface area contributed by atoms with Crippen molar-refractivity contribution in [2.75, 3.05) is 13.1 Å². The van der Waals surface area contributed by atoms with E-state index in [9.17, 15) is 4.79 Å². The molecular formula is C24H26N2O. The Balaban J connectivity index is 1.88. The number of likely N-dealkylation sites (tertiary alicyclic amines) is 1. The molecule has 0 aliphatic carbocycles. The highest BCUT2D eigenvalue weighted by Gasteiger charge is 2.21. The summed E-state index contributed by atoms with van der Waals surface area (Å²) in [6, 6.07) is 14.5. The fraction of sp³-hybridized carbons (Fsp3) is 0.333. The van der Waals surface area contributed by atoms with E-state index in [-0.39, 0.29) is 5.91 Å². The van der Waals surface area contributed by atoms with Gasteiger partial charge < -0.3 is 4.90 Å². The van der Waals surface area contributed by atoms with Crippen molar-refractivity contribution in [2.45, 2.75) is 40.0 Å². The van der Waals surface area contributed by atoms with Crippen molar-refractivity contribution in [3.05, 3.63) is 64.7 Å². The van der Waals surface area contributed by atoms with Crippen LogP contribution in [0.3, 0.4) is 0 Å².